The van der Waals surface area contributed by atoms with Crippen LogP contribution in [0.1, 0.15) is 18.4 Å². The average Bonchev–Trinajstić information content (AvgIpc) is 2.60. The van der Waals surface area contributed by atoms with Gasteiger partial charge in [0.1, 0.15) is 0 Å². The first-order valence-corrected chi connectivity index (χ1v) is 8.45. The Labute approximate surface area is 143 Å². The van der Waals surface area contributed by atoms with Crippen molar-refractivity contribution in [3.8, 4) is 0 Å². The molecule has 0 saturated carbocycles. The van der Waals surface area contributed by atoms with Crippen LogP contribution in [0.5, 0.6) is 0 Å². The van der Waals surface area contributed by atoms with E-state index in [1.165, 1.54) is 0 Å². The van der Waals surface area contributed by atoms with Gasteiger partial charge in [-0.05, 0) is 31.9 Å². The lowest BCUT2D eigenvalue weighted by atomic mass is 9.89. The topological polar surface area (TPSA) is 79.5 Å². The summed E-state index contributed by atoms with van der Waals surface area (Å²) in [6.45, 7) is 4.45. The van der Waals surface area contributed by atoms with Crippen molar-refractivity contribution in [2.45, 2.75) is 19.8 Å². The Kier molecular flexibility index (Phi) is 7.21. The van der Waals surface area contributed by atoms with Gasteiger partial charge in [-0.3, -0.25) is 9.59 Å². The predicted molar refractivity (Wildman–Crippen MR) is 93.8 cm³/mol. The van der Waals surface area contributed by atoms with Crippen LogP contribution in [-0.4, -0.2) is 45.2 Å². The number of carbonyl (C=O) groups is 2. The summed E-state index contributed by atoms with van der Waals surface area (Å²) >= 11 is 0. The van der Waals surface area contributed by atoms with Crippen LogP contribution in [0.3, 0.4) is 0 Å². The lowest BCUT2D eigenvalue weighted by Crippen LogP contribution is -2.47. The molecule has 0 aromatic heterocycles. The van der Waals surface area contributed by atoms with E-state index >= 15 is 0 Å². The fraction of sp³-hybridized carbons (Fsp3) is 0.556. The second-order valence-electron chi connectivity index (χ2n) is 6.28. The lowest BCUT2D eigenvalue weighted by molar-refractivity contribution is -0.127. The van der Waals surface area contributed by atoms with Crippen LogP contribution < -0.4 is 16.0 Å². The fourth-order valence-electron chi connectivity index (χ4n) is 2.80. The molecule has 2 rings (SSSR count). The molecule has 1 fully saturated rings. The number of rotatable bonds is 7. The number of benzene rings is 1. The number of amides is 2. The lowest BCUT2D eigenvalue weighted by Gasteiger charge is -2.28. The van der Waals surface area contributed by atoms with Gasteiger partial charge in [-0.1, -0.05) is 17.7 Å². The number of methoxy groups -OCH3 is 1. The van der Waals surface area contributed by atoms with Crippen LogP contribution in [0.25, 0.3) is 0 Å². The molecular weight excluding hydrogens is 306 g/mol. The van der Waals surface area contributed by atoms with Crippen LogP contribution in [0.2, 0.25) is 0 Å². The first-order chi connectivity index (χ1) is 11.6. The minimum Gasteiger partial charge on any atom is -0.385 e. The van der Waals surface area contributed by atoms with Gasteiger partial charge in [-0.2, -0.15) is 0 Å². The maximum absolute atomic E-state index is 12.4. The van der Waals surface area contributed by atoms with Crippen molar-refractivity contribution in [2.75, 3.05) is 38.7 Å². The third kappa shape index (κ3) is 5.62. The van der Waals surface area contributed by atoms with Gasteiger partial charge in [0.15, 0.2) is 0 Å². The molecule has 6 nitrogen and oxygen atoms in total. The summed E-state index contributed by atoms with van der Waals surface area (Å²) in [5.41, 5.74) is 1.94. The molecule has 24 heavy (non-hydrogen) atoms. The highest BCUT2D eigenvalue weighted by molar-refractivity contribution is 5.93. The third-order valence-electron chi connectivity index (χ3n) is 4.24. The van der Waals surface area contributed by atoms with Crippen LogP contribution in [0, 0.1) is 18.8 Å². The van der Waals surface area contributed by atoms with Crippen molar-refractivity contribution < 1.29 is 14.3 Å². The molecule has 0 unspecified atom stereocenters. The summed E-state index contributed by atoms with van der Waals surface area (Å²) in [7, 11) is 1.64. The SMILES string of the molecule is COCCCNC(=O)[C@H]1CNC[C@@H](C(=O)Nc2ccc(C)cc2)C1. The number of piperidine rings is 1. The maximum Gasteiger partial charge on any atom is 0.228 e. The quantitative estimate of drug-likeness (QED) is 0.658. The molecule has 1 aliphatic rings. The molecule has 2 amide bonds. The first kappa shape index (κ1) is 18.4. The molecule has 1 aromatic rings. The number of anilines is 1. The van der Waals surface area contributed by atoms with Gasteiger partial charge in [0, 0.05) is 39.0 Å². The van der Waals surface area contributed by atoms with E-state index in [0.717, 1.165) is 17.7 Å². The van der Waals surface area contributed by atoms with Gasteiger partial charge >= 0.3 is 0 Å². The number of aryl methyl sites for hydroxylation is 1. The van der Waals surface area contributed by atoms with Crippen LogP contribution >= 0.6 is 0 Å². The Morgan fingerprint density at radius 2 is 1.83 bits per heavy atom. The summed E-state index contributed by atoms with van der Waals surface area (Å²) < 4.78 is 4.97. The Hall–Kier alpha value is -1.92. The summed E-state index contributed by atoms with van der Waals surface area (Å²) in [4.78, 5) is 24.6. The Morgan fingerprint density at radius 1 is 1.17 bits per heavy atom. The van der Waals surface area contributed by atoms with E-state index < -0.39 is 0 Å². The molecule has 0 aliphatic carbocycles. The summed E-state index contributed by atoms with van der Waals surface area (Å²) in [5.74, 6) is -0.403. The number of hydrogen-bond donors (Lipinski definition) is 3. The van der Waals surface area contributed by atoms with Crippen LogP contribution in [-0.2, 0) is 14.3 Å². The highest BCUT2D eigenvalue weighted by Gasteiger charge is 2.30. The van der Waals surface area contributed by atoms with Crippen molar-refractivity contribution in [2.24, 2.45) is 11.8 Å². The van der Waals surface area contributed by atoms with Gasteiger partial charge in [0.05, 0.1) is 11.8 Å². The molecule has 3 N–H and O–H groups in total. The highest BCUT2D eigenvalue weighted by Crippen LogP contribution is 2.19. The fourth-order valence-corrected chi connectivity index (χ4v) is 2.80. The van der Waals surface area contributed by atoms with Gasteiger partial charge in [0.25, 0.3) is 0 Å². The largest absolute Gasteiger partial charge is 0.385 e. The minimum atomic E-state index is -0.199. The minimum absolute atomic E-state index is 0.00596. The second kappa shape index (κ2) is 9.39. The van der Waals surface area contributed by atoms with Crippen LogP contribution in [0.4, 0.5) is 5.69 Å². The molecular formula is C18H27N3O3. The zero-order valence-corrected chi connectivity index (χ0v) is 14.4. The molecule has 0 spiro atoms. The van der Waals surface area contributed by atoms with Crippen molar-refractivity contribution in [1.82, 2.24) is 10.6 Å². The van der Waals surface area contributed by atoms with Crippen molar-refractivity contribution >= 4 is 17.5 Å². The number of ether oxygens (including phenoxy) is 1. The van der Waals surface area contributed by atoms with Crippen molar-refractivity contribution in [3.05, 3.63) is 29.8 Å². The van der Waals surface area contributed by atoms with Gasteiger partial charge in [-0.25, -0.2) is 0 Å². The predicted octanol–water partition coefficient (Wildman–Crippen LogP) is 1.31. The normalized spacial score (nSPS) is 20.4. The molecule has 1 aliphatic heterocycles. The molecule has 0 radical (unpaired) electrons. The van der Waals surface area contributed by atoms with Gasteiger partial charge < -0.3 is 20.7 Å². The Morgan fingerprint density at radius 3 is 2.50 bits per heavy atom. The number of carbonyl (C=O) groups excluding carboxylic acids is 2. The highest BCUT2D eigenvalue weighted by atomic mass is 16.5. The molecule has 6 heteroatoms. The monoisotopic (exact) mass is 333 g/mol. The van der Waals surface area contributed by atoms with E-state index in [9.17, 15) is 9.59 Å². The van der Waals surface area contributed by atoms with E-state index in [4.69, 9.17) is 4.74 Å². The summed E-state index contributed by atoms with van der Waals surface area (Å²) in [5, 5.41) is 9.04. The summed E-state index contributed by atoms with van der Waals surface area (Å²) in [6.07, 6.45) is 1.36. The van der Waals surface area contributed by atoms with E-state index in [1.807, 2.05) is 31.2 Å². The summed E-state index contributed by atoms with van der Waals surface area (Å²) in [6, 6.07) is 7.71. The van der Waals surface area contributed by atoms with E-state index in [1.54, 1.807) is 7.11 Å². The third-order valence-corrected chi connectivity index (χ3v) is 4.24. The second-order valence-corrected chi connectivity index (χ2v) is 6.28. The first-order valence-electron chi connectivity index (χ1n) is 8.45. The smallest absolute Gasteiger partial charge is 0.228 e. The molecule has 132 valence electrons. The van der Waals surface area contributed by atoms with E-state index in [-0.39, 0.29) is 23.7 Å². The zero-order valence-electron chi connectivity index (χ0n) is 14.4. The Bertz CT molecular complexity index is 545. The van der Waals surface area contributed by atoms with Crippen molar-refractivity contribution in [1.29, 1.82) is 0 Å². The van der Waals surface area contributed by atoms with E-state index in [0.29, 0.717) is 32.7 Å². The number of nitrogens with one attached hydrogen (secondary N) is 3. The van der Waals surface area contributed by atoms with Crippen LogP contribution in [0.15, 0.2) is 24.3 Å². The van der Waals surface area contributed by atoms with Crippen molar-refractivity contribution in [3.63, 3.8) is 0 Å². The maximum atomic E-state index is 12.4. The van der Waals surface area contributed by atoms with E-state index in [2.05, 4.69) is 16.0 Å². The van der Waals surface area contributed by atoms with Gasteiger partial charge in [-0.15, -0.1) is 0 Å². The zero-order chi connectivity index (χ0) is 17.4. The van der Waals surface area contributed by atoms with Gasteiger partial charge in [0.2, 0.25) is 11.8 Å². The molecule has 1 aromatic carbocycles. The molecule has 2 atom stereocenters. The Balaban J connectivity index is 1.82. The average molecular weight is 333 g/mol. The standard InChI is InChI=1S/C18H27N3O3/c1-13-4-6-16(7-5-13)21-18(23)15-10-14(11-19-12-15)17(22)20-8-3-9-24-2/h4-7,14-15,19H,3,8-12H2,1-2H3,(H,20,22)(H,21,23)/t14-,15+/m1/s1. The molecule has 1 heterocycles. The number of hydrogen-bond acceptors (Lipinski definition) is 4. The molecule has 0 bridgehead atoms. The molecule has 1 saturated heterocycles.